The minimum absolute atomic E-state index is 0. The van der Waals surface area contributed by atoms with Gasteiger partial charge in [0.25, 0.3) is 0 Å². The van der Waals surface area contributed by atoms with Crippen LogP contribution in [0.25, 0.3) is 0 Å². The molecule has 72 valence electrons. The van der Waals surface area contributed by atoms with Crippen molar-refractivity contribution in [2.75, 3.05) is 33.9 Å². The van der Waals surface area contributed by atoms with Gasteiger partial charge in [-0.1, -0.05) is 28.7 Å². The minimum Gasteiger partial charge on any atom is -0.294 e. The standard InChI is InChI=1S/C7H18N2.2CH4/c1-5-8(3)7-9(4)6-2;;/h5-7H2,1-4H3;2*1H4. The third-order valence-electron chi connectivity index (χ3n) is 1.56. The van der Waals surface area contributed by atoms with Crippen molar-refractivity contribution >= 4 is 0 Å². The van der Waals surface area contributed by atoms with Crippen LogP contribution in [0.15, 0.2) is 0 Å². The Morgan fingerprint density at radius 2 is 1.09 bits per heavy atom. The molecule has 0 aliphatic heterocycles. The molecule has 0 aromatic heterocycles. The van der Waals surface area contributed by atoms with Crippen molar-refractivity contribution in [3.05, 3.63) is 0 Å². The molecule has 0 bridgehead atoms. The van der Waals surface area contributed by atoms with Gasteiger partial charge in [0, 0.05) is 6.67 Å². The van der Waals surface area contributed by atoms with Gasteiger partial charge in [0.05, 0.1) is 0 Å². The number of nitrogens with zero attached hydrogens (tertiary/aromatic N) is 2. The lowest BCUT2D eigenvalue weighted by atomic mass is 10.6. The molecule has 0 saturated heterocycles. The van der Waals surface area contributed by atoms with E-state index in [4.69, 9.17) is 0 Å². The molecule has 0 aromatic rings. The number of hydrogen-bond acceptors (Lipinski definition) is 2. The van der Waals surface area contributed by atoms with E-state index in [1.165, 1.54) is 0 Å². The minimum atomic E-state index is 0. The molecule has 0 unspecified atom stereocenters. The van der Waals surface area contributed by atoms with Gasteiger partial charge in [-0.05, 0) is 27.2 Å². The second-order valence-corrected chi connectivity index (χ2v) is 2.49. The van der Waals surface area contributed by atoms with E-state index in [2.05, 4.69) is 37.7 Å². The van der Waals surface area contributed by atoms with Gasteiger partial charge < -0.3 is 0 Å². The zero-order chi connectivity index (χ0) is 7.28. The molecule has 2 nitrogen and oxygen atoms in total. The lowest BCUT2D eigenvalue weighted by Crippen LogP contribution is -2.32. The molecule has 0 aliphatic rings. The first-order valence-electron chi connectivity index (χ1n) is 3.57. The van der Waals surface area contributed by atoms with Crippen LogP contribution in [0.4, 0.5) is 0 Å². The third-order valence-corrected chi connectivity index (χ3v) is 1.56. The van der Waals surface area contributed by atoms with Gasteiger partial charge in [0.1, 0.15) is 0 Å². The van der Waals surface area contributed by atoms with Crippen LogP contribution in [0.1, 0.15) is 28.7 Å². The molecular formula is C9H26N2. The van der Waals surface area contributed by atoms with E-state index < -0.39 is 0 Å². The van der Waals surface area contributed by atoms with E-state index in [1.807, 2.05) is 0 Å². The van der Waals surface area contributed by atoms with E-state index in [9.17, 15) is 0 Å². The molecule has 0 N–H and O–H groups in total. The van der Waals surface area contributed by atoms with Crippen LogP contribution >= 0.6 is 0 Å². The lowest BCUT2D eigenvalue weighted by molar-refractivity contribution is 0.196. The highest BCUT2D eigenvalue weighted by Crippen LogP contribution is 1.84. The summed E-state index contributed by atoms with van der Waals surface area (Å²) in [6, 6.07) is 0. The fourth-order valence-electron chi connectivity index (χ4n) is 0.612. The van der Waals surface area contributed by atoms with Crippen molar-refractivity contribution in [1.29, 1.82) is 0 Å². The summed E-state index contributed by atoms with van der Waals surface area (Å²) >= 11 is 0. The SMILES string of the molecule is C.C.CCN(C)CN(C)CC. The summed E-state index contributed by atoms with van der Waals surface area (Å²) in [5.74, 6) is 0. The van der Waals surface area contributed by atoms with Crippen molar-refractivity contribution < 1.29 is 0 Å². The molecule has 0 saturated carbocycles. The quantitative estimate of drug-likeness (QED) is 0.584. The summed E-state index contributed by atoms with van der Waals surface area (Å²) in [6.45, 7) is 7.68. The third kappa shape index (κ3) is 9.92. The van der Waals surface area contributed by atoms with Crippen LogP contribution in [-0.2, 0) is 0 Å². The smallest absolute Gasteiger partial charge is 0.0500 e. The molecule has 2 heteroatoms. The monoisotopic (exact) mass is 162 g/mol. The number of hydrogen-bond donors (Lipinski definition) is 0. The van der Waals surface area contributed by atoms with Gasteiger partial charge in [-0.25, -0.2) is 0 Å². The zero-order valence-corrected chi connectivity index (χ0v) is 7.02. The van der Waals surface area contributed by atoms with Crippen LogP contribution < -0.4 is 0 Å². The highest BCUT2D eigenvalue weighted by atomic mass is 15.3. The normalized spacial score (nSPS) is 9.27. The first kappa shape index (κ1) is 17.1. The molecule has 0 fully saturated rings. The van der Waals surface area contributed by atoms with E-state index in [1.54, 1.807) is 0 Å². The number of rotatable bonds is 4. The van der Waals surface area contributed by atoms with Crippen LogP contribution in [0.3, 0.4) is 0 Å². The maximum atomic E-state index is 2.28. The van der Waals surface area contributed by atoms with Gasteiger partial charge in [0.15, 0.2) is 0 Å². The molecule has 0 aromatic carbocycles. The summed E-state index contributed by atoms with van der Waals surface area (Å²) in [7, 11) is 4.26. The second-order valence-electron chi connectivity index (χ2n) is 2.49. The summed E-state index contributed by atoms with van der Waals surface area (Å²) in [5.41, 5.74) is 0. The molecule has 0 rings (SSSR count). The molecular weight excluding hydrogens is 136 g/mol. The molecule has 0 radical (unpaired) electrons. The van der Waals surface area contributed by atoms with Gasteiger partial charge in [-0.2, -0.15) is 0 Å². The average Bonchev–Trinajstić information content (AvgIpc) is 1.87. The van der Waals surface area contributed by atoms with Gasteiger partial charge >= 0.3 is 0 Å². The second kappa shape index (κ2) is 9.92. The van der Waals surface area contributed by atoms with E-state index in [0.29, 0.717) is 0 Å². The molecule has 0 spiro atoms. The first-order valence-corrected chi connectivity index (χ1v) is 3.57. The molecule has 11 heavy (non-hydrogen) atoms. The highest BCUT2D eigenvalue weighted by molar-refractivity contribution is 4.46. The van der Waals surface area contributed by atoms with Crippen LogP contribution in [-0.4, -0.2) is 43.7 Å². The predicted molar refractivity (Wildman–Crippen MR) is 54.9 cm³/mol. The van der Waals surface area contributed by atoms with Gasteiger partial charge in [0.2, 0.25) is 0 Å². The Hall–Kier alpha value is -0.0800. The largest absolute Gasteiger partial charge is 0.294 e. The van der Waals surface area contributed by atoms with Crippen molar-refractivity contribution in [2.45, 2.75) is 28.7 Å². The van der Waals surface area contributed by atoms with Crippen molar-refractivity contribution in [3.63, 3.8) is 0 Å². The maximum absolute atomic E-state index is 2.28. The van der Waals surface area contributed by atoms with Crippen LogP contribution in [0.5, 0.6) is 0 Å². The topological polar surface area (TPSA) is 6.48 Å². The lowest BCUT2D eigenvalue weighted by Gasteiger charge is -2.21. The van der Waals surface area contributed by atoms with Gasteiger partial charge in [-0.3, -0.25) is 9.80 Å². The average molecular weight is 162 g/mol. The van der Waals surface area contributed by atoms with Crippen molar-refractivity contribution in [1.82, 2.24) is 9.80 Å². The van der Waals surface area contributed by atoms with Gasteiger partial charge in [-0.15, -0.1) is 0 Å². The van der Waals surface area contributed by atoms with E-state index in [-0.39, 0.29) is 14.9 Å². The zero-order valence-electron chi connectivity index (χ0n) is 7.02. The summed E-state index contributed by atoms with van der Waals surface area (Å²) < 4.78 is 0. The van der Waals surface area contributed by atoms with Crippen molar-refractivity contribution in [3.8, 4) is 0 Å². The Morgan fingerprint density at radius 3 is 1.27 bits per heavy atom. The molecule has 0 aliphatic carbocycles. The van der Waals surface area contributed by atoms with Crippen LogP contribution in [0, 0.1) is 0 Å². The summed E-state index contributed by atoms with van der Waals surface area (Å²) in [5, 5.41) is 0. The Bertz CT molecular complexity index is 56.6. The summed E-state index contributed by atoms with van der Waals surface area (Å²) in [6.07, 6.45) is 0. The highest BCUT2D eigenvalue weighted by Gasteiger charge is 1.96. The first-order chi connectivity index (χ1) is 4.20. The molecule has 0 amide bonds. The van der Waals surface area contributed by atoms with E-state index in [0.717, 1.165) is 19.8 Å². The Kier molecular flexibility index (Phi) is 15.4. The van der Waals surface area contributed by atoms with Crippen molar-refractivity contribution in [2.24, 2.45) is 0 Å². The predicted octanol–water partition coefficient (Wildman–Crippen LogP) is 2.12. The Morgan fingerprint density at radius 1 is 0.818 bits per heavy atom. The summed E-state index contributed by atoms with van der Waals surface area (Å²) in [4.78, 5) is 4.56. The molecule has 0 heterocycles. The fourth-order valence-corrected chi connectivity index (χ4v) is 0.612. The fraction of sp³-hybridized carbons (Fsp3) is 1.00. The Labute approximate surface area is 73.2 Å². The maximum Gasteiger partial charge on any atom is 0.0500 e. The van der Waals surface area contributed by atoms with Crippen LogP contribution in [0.2, 0.25) is 0 Å². The van der Waals surface area contributed by atoms with E-state index >= 15 is 0 Å². The molecule has 0 atom stereocenters. The Balaban J connectivity index is -0.000000320.